The van der Waals surface area contributed by atoms with Crippen LogP contribution in [-0.4, -0.2) is 28.0 Å². The highest BCUT2D eigenvalue weighted by Crippen LogP contribution is 2.03. The molecule has 0 aliphatic heterocycles. The molecule has 0 unspecified atom stereocenters. The van der Waals surface area contributed by atoms with Gasteiger partial charge in [0, 0.05) is 0 Å². The van der Waals surface area contributed by atoms with E-state index in [0.717, 1.165) is 12.5 Å². The van der Waals surface area contributed by atoms with E-state index in [9.17, 15) is 14.0 Å². The van der Waals surface area contributed by atoms with Gasteiger partial charge in [-0.3, -0.25) is 4.79 Å². The van der Waals surface area contributed by atoms with Crippen molar-refractivity contribution in [3.8, 4) is 0 Å². The van der Waals surface area contributed by atoms with Crippen molar-refractivity contribution in [3.63, 3.8) is 0 Å². The Kier molecular flexibility index (Phi) is 5.23. The van der Waals surface area contributed by atoms with Crippen LogP contribution in [0.1, 0.15) is 36.7 Å². The molecule has 1 rings (SSSR count). The Morgan fingerprint density at radius 2 is 2.22 bits per heavy atom. The van der Waals surface area contributed by atoms with Crippen LogP contribution in [0.5, 0.6) is 0 Å². The van der Waals surface area contributed by atoms with Crippen LogP contribution in [0.3, 0.4) is 0 Å². The zero-order valence-electron chi connectivity index (χ0n) is 10.0. The summed E-state index contributed by atoms with van der Waals surface area (Å²) in [6.07, 6.45) is 1.86. The summed E-state index contributed by atoms with van der Waals surface area (Å²) in [7, 11) is 0. The Bertz CT molecular complexity index is 437. The lowest BCUT2D eigenvalue weighted by Gasteiger charge is -2.13. The first-order valence-corrected chi connectivity index (χ1v) is 5.70. The lowest BCUT2D eigenvalue weighted by Crippen LogP contribution is -2.41. The summed E-state index contributed by atoms with van der Waals surface area (Å²) in [5.74, 6) is -2.56. The van der Waals surface area contributed by atoms with Gasteiger partial charge in [0.2, 0.25) is 5.95 Å². The van der Waals surface area contributed by atoms with Crippen molar-refractivity contribution in [2.24, 2.45) is 0 Å². The van der Waals surface area contributed by atoms with Crippen LogP contribution in [0.15, 0.2) is 18.2 Å². The molecule has 6 heteroatoms. The number of hydrogen-bond donors (Lipinski definition) is 2. The van der Waals surface area contributed by atoms with Gasteiger partial charge in [-0.1, -0.05) is 25.8 Å². The SMILES string of the molecule is CCCC[C@H](NC(=O)c1cccc(F)n1)C(=O)O. The second-order valence-corrected chi connectivity index (χ2v) is 3.85. The molecule has 1 amide bonds. The van der Waals surface area contributed by atoms with Gasteiger partial charge >= 0.3 is 5.97 Å². The molecule has 1 aromatic rings. The van der Waals surface area contributed by atoms with E-state index >= 15 is 0 Å². The molecule has 1 atom stereocenters. The number of halogens is 1. The van der Waals surface area contributed by atoms with E-state index in [0.29, 0.717) is 12.8 Å². The van der Waals surface area contributed by atoms with Crippen LogP contribution in [0.25, 0.3) is 0 Å². The standard InChI is InChI=1S/C12H15FN2O3/c1-2-3-5-9(12(17)18)15-11(16)8-6-4-7-10(13)14-8/h4,6-7,9H,2-3,5H2,1H3,(H,15,16)(H,17,18)/t9-/m0/s1. The van der Waals surface area contributed by atoms with Crippen molar-refractivity contribution >= 4 is 11.9 Å². The van der Waals surface area contributed by atoms with Crippen molar-refractivity contribution < 1.29 is 19.1 Å². The van der Waals surface area contributed by atoms with Crippen molar-refractivity contribution in [3.05, 3.63) is 29.8 Å². The number of carbonyl (C=O) groups is 2. The Labute approximate surface area is 104 Å². The summed E-state index contributed by atoms with van der Waals surface area (Å²) in [5.41, 5.74) is -0.127. The summed E-state index contributed by atoms with van der Waals surface area (Å²) < 4.78 is 12.8. The maximum Gasteiger partial charge on any atom is 0.326 e. The van der Waals surface area contributed by atoms with E-state index in [1.54, 1.807) is 0 Å². The zero-order valence-corrected chi connectivity index (χ0v) is 10.0. The van der Waals surface area contributed by atoms with Gasteiger partial charge in [0.15, 0.2) is 0 Å². The van der Waals surface area contributed by atoms with Crippen LogP contribution in [-0.2, 0) is 4.79 Å². The van der Waals surface area contributed by atoms with Gasteiger partial charge in [0.1, 0.15) is 11.7 Å². The number of rotatable bonds is 6. The van der Waals surface area contributed by atoms with Gasteiger partial charge in [-0.15, -0.1) is 0 Å². The van der Waals surface area contributed by atoms with Gasteiger partial charge in [0.05, 0.1) is 0 Å². The molecule has 0 bridgehead atoms. The Morgan fingerprint density at radius 1 is 1.50 bits per heavy atom. The molecule has 5 nitrogen and oxygen atoms in total. The summed E-state index contributed by atoms with van der Waals surface area (Å²) >= 11 is 0. The van der Waals surface area contributed by atoms with Gasteiger partial charge in [0.25, 0.3) is 5.91 Å². The Balaban J connectivity index is 2.69. The topological polar surface area (TPSA) is 79.3 Å². The van der Waals surface area contributed by atoms with Crippen LogP contribution in [0, 0.1) is 5.95 Å². The fraction of sp³-hybridized carbons (Fsp3) is 0.417. The number of carboxylic acids is 1. The number of hydrogen-bond acceptors (Lipinski definition) is 3. The molecule has 0 fully saturated rings. The van der Waals surface area contributed by atoms with E-state index in [1.807, 2.05) is 6.92 Å². The highest BCUT2D eigenvalue weighted by Gasteiger charge is 2.20. The molecule has 98 valence electrons. The van der Waals surface area contributed by atoms with E-state index in [4.69, 9.17) is 5.11 Å². The number of carboxylic acid groups (broad SMARTS) is 1. The number of nitrogens with zero attached hydrogens (tertiary/aromatic N) is 1. The normalized spacial score (nSPS) is 11.9. The maximum atomic E-state index is 12.8. The van der Waals surface area contributed by atoms with Crippen LogP contribution in [0.2, 0.25) is 0 Å². The summed E-state index contributed by atoms with van der Waals surface area (Å²) in [6, 6.07) is 2.82. The molecular formula is C12H15FN2O3. The van der Waals surface area contributed by atoms with Crippen LogP contribution < -0.4 is 5.32 Å². The largest absolute Gasteiger partial charge is 0.480 e. The van der Waals surface area contributed by atoms with Gasteiger partial charge in [-0.05, 0) is 18.6 Å². The average molecular weight is 254 g/mol. The van der Waals surface area contributed by atoms with Crippen LogP contribution in [0.4, 0.5) is 4.39 Å². The predicted octanol–water partition coefficient (Wildman–Crippen LogP) is 1.59. The average Bonchev–Trinajstić information content (AvgIpc) is 2.33. The highest BCUT2D eigenvalue weighted by molar-refractivity contribution is 5.94. The second-order valence-electron chi connectivity index (χ2n) is 3.85. The van der Waals surface area contributed by atoms with Crippen LogP contribution >= 0.6 is 0 Å². The lowest BCUT2D eigenvalue weighted by atomic mass is 10.1. The number of carbonyl (C=O) groups excluding carboxylic acids is 1. The second kappa shape index (κ2) is 6.68. The molecule has 0 aromatic carbocycles. The minimum Gasteiger partial charge on any atom is -0.480 e. The highest BCUT2D eigenvalue weighted by atomic mass is 19.1. The van der Waals surface area contributed by atoms with E-state index in [-0.39, 0.29) is 5.69 Å². The Morgan fingerprint density at radius 3 is 2.78 bits per heavy atom. The molecule has 18 heavy (non-hydrogen) atoms. The molecule has 0 spiro atoms. The molecule has 1 heterocycles. The monoisotopic (exact) mass is 254 g/mol. The van der Waals surface area contributed by atoms with Crippen molar-refractivity contribution in [1.29, 1.82) is 0 Å². The molecule has 0 aliphatic rings. The fourth-order valence-electron chi connectivity index (χ4n) is 1.43. The number of aromatic nitrogens is 1. The number of pyridine rings is 1. The van der Waals surface area contributed by atoms with E-state index in [2.05, 4.69) is 10.3 Å². The first kappa shape index (κ1) is 14.1. The Hall–Kier alpha value is -1.98. The van der Waals surface area contributed by atoms with Gasteiger partial charge < -0.3 is 10.4 Å². The van der Waals surface area contributed by atoms with E-state index in [1.165, 1.54) is 12.1 Å². The maximum absolute atomic E-state index is 12.8. The molecule has 0 radical (unpaired) electrons. The first-order valence-electron chi connectivity index (χ1n) is 5.70. The third kappa shape index (κ3) is 4.12. The summed E-state index contributed by atoms with van der Waals surface area (Å²) in [5, 5.41) is 11.3. The van der Waals surface area contributed by atoms with Gasteiger partial charge in [-0.25, -0.2) is 9.78 Å². The molecule has 1 aromatic heterocycles. The lowest BCUT2D eigenvalue weighted by molar-refractivity contribution is -0.139. The first-order chi connectivity index (χ1) is 8.54. The quantitative estimate of drug-likeness (QED) is 0.755. The number of aliphatic carboxylic acids is 1. The predicted molar refractivity (Wildman–Crippen MR) is 62.6 cm³/mol. The minimum atomic E-state index is -1.10. The molecule has 0 saturated heterocycles. The fourth-order valence-corrected chi connectivity index (χ4v) is 1.43. The molecule has 0 aliphatic carbocycles. The summed E-state index contributed by atoms with van der Waals surface area (Å²) in [6.45, 7) is 1.93. The smallest absolute Gasteiger partial charge is 0.326 e. The molecule has 2 N–H and O–H groups in total. The third-order valence-corrected chi connectivity index (χ3v) is 2.40. The van der Waals surface area contributed by atoms with Crippen molar-refractivity contribution in [1.82, 2.24) is 10.3 Å². The minimum absolute atomic E-state index is 0.127. The van der Waals surface area contributed by atoms with Gasteiger partial charge in [-0.2, -0.15) is 4.39 Å². The van der Waals surface area contributed by atoms with E-state index < -0.39 is 23.9 Å². The van der Waals surface area contributed by atoms with Crippen molar-refractivity contribution in [2.45, 2.75) is 32.2 Å². The molecular weight excluding hydrogens is 239 g/mol. The number of nitrogens with one attached hydrogen (secondary N) is 1. The zero-order chi connectivity index (χ0) is 13.5. The number of amides is 1. The molecule has 0 saturated carbocycles. The van der Waals surface area contributed by atoms with Crippen molar-refractivity contribution in [2.75, 3.05) is 0 Å². The third-order valence-electron chi connectivity index (χ3n) is 2.40. The number of unbranched alkanes of at least 4 members (excludes halogenated alkanes) is 1. The summed E-state index contributed by atoms with van der Waals surface area (Å²) in [4.78, 5) is 26.0.